The van der Waals surface area contributed by atoms with Gasteiger partial charge in [0.1, 0.15) is 12.2 Å². The number of fused-ring (bicyclic) bond motifs is 1. The fraction of sp³-hybridized carbons (Fsp3) is 0.286. The molecular weight excluding hydrogens is 388 g/mol. The van der Waals surface area contributed by atoms with Gasteiger partial charge in [-0.25, -0.2) is 14.6 Å². The molecule has 2 aromatic heterocycles. The number of aromatic nitrogens is 3. The predicted molar refractivity (Wildman–Crippen MR) is 112 cm³/mol. The number of anilines is 1. The van der Waals surface area contributed by atoms with Crippen LogP contribution in [0.5, 0.6) is 0 Å². The average molecular weight is 410 g/mol. The summed E-state index contributed by atoms with van der Waals surface area (Å²) in [5, 5.41) is 2.66. The first kappa shape index (κ1) is 21.0. The van der Waals surface area contributed by atoms with Crippen LogP contribution in [0.3, 0.4) is 0 Å². The maximum absolute atomic E-state index is 13.1. The third-order valence-corrected chi connectivity index (χ3v) is 4.80. The highest BCUT2D eigenvalue weighted by Gasteiger charge is 2.21. The van der Waals surface area contributed by atoms with E-state index in [9.17, 15) is 19.2 Å². The number of pyridine rings is 1. The normalized spacial score (nSPS) is 10.8. The van der Waals surface area contributed by atoms with Crippen LogP contribution in [0.15, 0.2) is 39.9 Å². The Morgan fingerprint density at radius 3 is 2.57 bits per heavy atom. The van der Waals surface area contributed by atoms with E-state index in [0.717, 1.165) is 14.7 Å². The van der Waals surface area contributed by atoms with Gasteiger partial charge in [-0.05, 0) is 31.0 Å². The number of esters is 1. The summed E-state index contributed by atoms with van der Waals surface area (Å²) in [6, 6.07) is 8.70. The number of methoxy groups -OCH3 is 1. The van der Waals surface area contributed by atoms with Crippen LogP contribution in [0, 0.1) is 6.92 Å². The highest BCUT2D eigenvalue weighted by molar-refractivity contribution is 6.02. The van der Waals surface area contributed by atoms with E-state index in [4.69, 9.17) is 4.74 Å². The molecule has 0 aliphatic carbocycles. The molecule has 0 aliphatic heterocycles. The van der Waals surface area contributed by atoms with Crippen LogP contribution in [-0.4, -0.2) is 33.1 Å². The predicted octanol–water partition coefficient (Wildman–Crippen LogP) is 1.39. The van der Waals surface area contributed by atoms with Crippen molar-refractivity contribution in [1.29, 1.82) is 0 Å². The molecule has 1 aromatic carbocycles. The van der Waals surface area contributed by atoms with Gasteiger partial charge in [-0.3, -0.25) is 18.7 Å². The lowest BCUT2D eigenvalue weighted by atomic mass is 10.1. The summed E-state index contributed by atoms with van der Waals surface area (Å²) in [6.45, 7) is 3.09. The van der Waals surface area contributed by atoms with Gasteiger partial charge < -0.3 is 10.1 Å². The topological polar surface area (TPSA) is 112 Å². The van der Waals surface area contributed by atoms with Gasteiger partial charge in [-0.1, -0.05) is 25.1 Å². The summed E-state index contributed by atoms with van der Waals surface area (Å²) in [6.07, 6.45) is 0.710. The molecule has 0 saturated carbocycles. The second kappa shape index (κ2) is 8.32. The first-order valence-corrected chi connectivity index (χ1v) is 9.35. The van der Waals surface area contributed by atoms with Crippen molar-refractivity contribution in [1.82, 2.24) is 14.1 Å². The number of nitrogens with one attached hydrogen (secondary N) is 1. The molecule has 0 bridgehead atoms. The fourth-order valence-electron chi connectivity index (χ4n) is 3.30. The molecule has 0 fully saturated rings. The minimum Gasteiger partial charge on any atom is -0.465 e. The summed E-state index contributed by atoms with van der Waals surface area (Å²) in [7, 11) is 2.63. The van der Waals surface area contributed by atoms with Gasteiger partial charge >= 0.3 is 11.7 Å². The van der Waals surface area contributed by atoms with E-state index in [1.54, 1.807) is 19.1 Å². The van der Waals surface area contributed by atoms with Gasteiger partial charge in [-0.2, -0.15) is 0 Å². The second-order valence-corrected chi connectivity index (χ2v) is 6.79. The number of hydrogen-bond donors (Lipinski definition) is 1. The molecule has 1 N–H and O–H groups in total. The number of ether oxygens (including phenoxy) is 1. The maximum Gasteiger partial charge on any atom is 0.338 e. The zero-order chi connectivity index (χ0) is 22.0. The van der Waals surface area contributed by atoms with Crippen molar-refractivity contribution in [2.24, 2.45) is 7.05 Å². The smallest absolute Gasteiger partial charge is 0.338 e. The number of amides is 1. The molecule has 0 radical (unpaired) electrons. The standard InChI is InChI=1S/C21H22N4O5/c1-5-13-8-6-7-9-15(13)23-16(26)11-25-19(27)17-14(20(28)30-4)10-12(2)22-18(17)24(3)21(25)29/h6-10H,5,11H2,1-4H3,(H,23,26). The van der Waals surface area contributed by atoms with Gasteiger partial charge in [0.15, 0.2) is 0 Å². The van der Waals surface area contributed by atoms with E-state index < -0.39 is 29.7 Å². The summed E-state index contributed by atoms with van der Waals surface area (Å²) >= 11 is 0. The molecular formula is C21H22N4O5. The lowest BCUT2D eigenvalue weighted by Gasteiger charge is -2.14. The van der Waals surface area contributed by atoms with Gasteiger partial charge in [-0.15, -0.1) is 0 Å². The highest BCUT2D eigenvalue weighted by Crippen LogP contribution is 2.16. The molecule has 0 saturated heterocycles. The minimum absolute atomic E-state index is 0.00825. The van der Waals surface area contributed by atoms with E-state index in [1.165, 1.54) is 20.2 Å². The van der Waals surface area contributed by atoms with Gasteiger partial charge in [0.2, 0.25) is 5.91 Å². The fourth-order valence-corrected chi connectivity index (χ4v) is 3.30. The molecule has 156 valence electrons. The number of hydrogen-bond acceptors (Lipinski definition) is 6. The molecule has 0 aliphatic rings. The molecule has 2 heterocycles. The van der Waals surface area contributed by atoms with Crippen LogP contribution in [0.1, 0.15) is 28.5 Å². The van der Waals surface area contributed by atoms with E-state index in [2.05, 4.69) is 10.3 Å². The Bertz CT molecular complexity index is 1270. The zero-order valence-corrected chi connectivity index (χ0v) is 17.2. The molecule has 30 heavy (non-hydrogen) atoms. The minimum atomic E-state index is -0.778. The van der Waals surface area contributed by atoms with E-state index in [-0.39, 0.29) is 16.6 Å². The Morgan fingerprint density at radius 1 is 1.20 bits per heavy atom. The van der Waals surface area contributed by atoms with Crippen LogP contribution < -0.4 is 16.6 Å². The molecule has 0 unspecified atom stereocenters. The van der Waals surface area contributed by atoms with Crippen molar-refractivity contribution >= 4 is 28.6 Å². The third kappa shape index (κ3) is 3.73. The first-order valence-electron chi connectivity index (χ1n) is 9.35. The van der Waals surface area contributed by atoms with Crippen LogP contribution in [-0.2, 0) is 29.5 Å². The summed E-state index contributed by atoms with van der Waals surface area (Å²) < 4.78 is 6.70. The Kier molecular flexibility index (Phi) is 5.81. The van der Waals surface area contributed by atoms with Crippen LogP contribution in [0.25, 0.3) is 11.0 Å². The van der Waals surface area contributed by atoms with E-state index in [1.807, 2.05) is 19.1 Å². The number of carbonyl (C=O) groups is 2. The number of benzene rings is 1. The molecule has 0 atom stereocenters. The molecule has 3 aromatic rings. The molecule has 9 heteroatoms. The quantitative estimate of drug-likeness (QED) is 0.636. The van der Waals surface area contributed by atoms with Crippen molar-refractivity contribution in [3.05, 3.63) is 68.0 Å². The Morgan fingerprint density at radius 2 is 1.90 bits per heavy atom. The molecule has 1 amide bonds. The first-order chi connectivity index (χ1) is 14.3. The lowest BCUT2D eigenvalue weighted by molar-refractivity contribution is -0.116. The highest BCUT2D eigenvalue weighted by atomic mass is 16.5. The van der Waals surface area contributed by atoms with Gasteiger partial charge in [0.25, 0.3) is 5.56 Å². The average Bonchev–Trinajstić information content (AvgIpc) is 2.74. The van der Waals surface area contributed by atoms with Gasteiger partial charge in [0.05, 0.1) is 18.1 Å². The lowest BCUT2D eigenvalue weighted by Crippen LogP contribution is -2.42. The number of nitrogens with zero attached hydrogens (tertiary/aromatic N) is 3. The Labute approximate surface area is 171 Å². The monoisotopic (exact) mass is 410 g/mol. The van der Waals surface area contributed by atoms with Crippen LogP contribution in [0.4, 0.5) is 5.69 Å². The number of para-hydroxylation sites is 1. The summed E-state index contributed by atoms with van der Waals surface area (Å²) in [5.41, 5.74) is 0.550. The van der Waals surface area contributed by atoms with Crippen molar-refractivity contribution in [3.63, 3.8) is 0 Å². The number of carbonyl (C=O) groups excluding carboxylic acids is 2. The van der Waals surface area contributed by atoms with Crippen LogP contribution in [0.2, 0.25) is 0 Å². The van der Waals surface area contributed by atoms with Crippen LogP contribution >= 0.6 is 0 Å². The van der Waals surface area contributed by atoms with Crippen molar-refractivity contribution in [2.75, 3.05) is 12.4 Å². The van der Waals surface area contributed by atoms with Crippen molar-refractivity contribution in [2.45, 2.75) is 26.8 Å². The summed E-state index contributed by atoms with van der Waals surface area (Å²) in [4.78, 5) is 54.9. The summed E-state index contributed by atoms with van der Waals surface area (Å²) in [5.74, 6) is -1.26. The number of rotatable bonds is 5. The number of aryl methyl sites for hydroxylation is 3. The Hall–Kier alpha value is -3.75. The zero-order valence-electron chi connectivity index (χ0n) is 17.2. The van der Waals surface area contributed by atoms with Crippen molar-refractivity contribution < 1.29 is 14.3 Å². The van der Waals surface area contributed by atoms with E-state index >= 15 is 0 Å². The SMILES string of the molecule is CCc1ccccc1NC(=O)Cn1c(=O)c2c(C(=O)OC)cc(C)nc2n(C)c1=O. The van der Waals surface area contributed by atoms with E-state index in [0.29, 0.717) is 17.8 Å². The van der Waals surface area contributed by atoms with Gasteiger partial charge in [0, 0.05) is 18.4 Å². The Balaban J connectivity index is 2.11. The third-order valence-electron chi connectivity index (χ3n) is 4.80. The maximum atomic E-state index is 13.1. The molecule has 0 spiro atoms. The largest absolute Gasteiger partial charge is 0.465 e. The molecule has 9 nitrogen and oxygen atoms in total. The molecule has 3 rings (SSSR count). The second-order valence-electron chi connectivity index (χ2n) is 6.79. The van der Waals surface area contributed by atoms with Crippen molar-refractivity contribution in [3.8, 4) is 0 Å².